The number of halogens is 2. The van der Waals surface area contributed by atoms with Crippen molar-refractivity contribution in [3.8, 4) is 17.2 Å². The Morgan fingerprint density at radius 3 is 2.32 bits per heavy atom. The highest BCUT2D eigenvalue weighted by molar-refractivity contribution is 7.14. The van der Waals surface area contributed by atoms with Crippen molar-refractivity contribution >= 4 is 29.1 Å². The molecule has 2 aromatic carbocycles. The summed E-state index contributed by atoms with van der Waals surface area (Å²) in [6.07, 6.45) is -0.453. The van der Waals surface area contributed by atoms with Crippen molar-refractivity contribution in [3.63, 3.8) is 0 Å². The number of hydrogen-bond donors (Lipinski definition) is 3. The van der Waals surface area contributed by atoms with Crippen LogP contribution >= 0.6 is 11.3 Å². The third-order valence-corrected chi connectivity index (χ3v) is 6.06. The molecule has 0 fully saturated rings. The van der Waals surface area contributed by atoms with E-state index in [1.54, 1.807) is 31.2 Å². The summed E-state index contributed by atoms with van der Waals surface area (Å²) in [5.41, 5.74) is 1.24. The Morgan fingerprint density at radius 2 is 1.76 bits per heavy atom. The molecule has 0 aliphatic rings. The molecule has 1 aromatic heterocycles. The molecule has 10 heteroatoms. The van der Waals surface area contributed by atoms with Crippen LogP contribution in [0, 0.1) is 29.9 Å². The number of nitrogens with zero attached hydrogens (tertiary/aromatic N) is 1. The molecule has 0 saturated carbocycles. The highest BCUT2D eigenvalue weighted by atomic mass is 32.1. The zero-order chi connectivity index (χ0) is 24.8. The molecule has 3 N–H and O–H groups in total. The topological polar surface area (TPSA) is 119 Å². The van der Waals surface area contributed by atoms with Gasteiger partial charge in [-0.3, -0.25) is 9.59 Å². The lowest BCUT2D eigenvalue weighted by molar-refractivity contribution is -0.122. The van der Waals surface area contributed by atoms with Gasteiger partial charge < -0.3 is 15.7 Å². The van der Waals surface area contributed by atoms with Gasteiger partial charge in [0.1, 0.15) is 29.1 Å². The Balaban J connectivity index is 1.81. The SMILES string of the molecule is Cc1sc(C(=O)O)cc1-c1ccc(C(=O)N[C@@H](Cc2c(F)cccc2F)C(=O)NCC#N)cc1. The summed E-state index contributed by atoms with van der Waals surface area (Å²) in [5, 5.41) is 22.6. The molecule has 1 heterocycles. The molecular formula is C24H19F2N3O4S. The monoisotopic (exact) mass is 483 g/mol. The Morgan fingerprint density at radius 1 is 1.12 bits per heavy atom. The van der Waals surface area contributed by atoms with E-state index in [9.17, 15) is 23.2 Å². The van der Waals surface area contributed by atoms with Gasteiger partial charge in [0.25, 0.3) is 5.91 Å². The van der Waals surface area contributed by atoms with Gasteiger partial charge >= 0.3 is 5.97 Å². The van der Waals surface area contributed by atoms with Gasteiger partial charge in [-0.1, -0.05) is 18.2 Å². The smallest absolute Gasteiger partial charge is 0.345 e. The van der Waals surface area contributed by atoms with Gasteiger partial charge in [0, 0.05) is 22.4 Å². The molecule has 34 heavy (non-hydrogen) atoms. The molecule has 0 aliphatic carbocycles. The molecule has 2 amide bonds. The predicted molar refractivity (Wildman–Crippen MR) is 121 cm³/mol. The highest BCUT2D eigenvalue weighted by Crippen LogP contribution is 2.31. The van der Waals surface area contributed by atoms with E-state index in [0.29, 0.717) is 5.56 Å². The maximum Gasteiger partial charge on any atom is 0.345 e. The fourth-order valence-electron chi connectivity index (χ4n) is 3.31. The van der Waals surface area contributed by atoms with Crippen molar-refractivity contribution in [2.45, 2.75) is 19.4 Å². The van der Waals surface area contributed by atoms with E-state index in [-0.39, 0.29) is 22.5 Å². The van der Waals surface area contributed by atoms with Crippen LogP contribution in [0.15, 0.2) is 48.5 Å². The average Bonchev–Trinajstić information content (AvgIpc) is 3.21. The van der Waals surface area contributed by atoms with Gasteiger partial charge in [0.15, 0.2) is 0 Å². The van der Waals surface area contributed by atoms with E-state index < -0.39 is 41.9 Å². The maximum atomic E-state index is 14.1. The van der Waals surface area contributed by atoms with Crippen molar-refractivity contribution in [1.29, 1.82) is 5.26 Å². The van der Waals surface area contributed by atoms with Crippen molar-refractivity contribution in [2.24, 2.45) is 0 Å². The van der Waals surface area contributed by atoms with Gasteiger partial charge in [0.2, 0.25) is 5.91 Å². The van der Waals surface area contributed by atoms with Gasteiger partial charge in [-0.15, -0.1) is 11.3 Å². The highest BCUT2D eigenvalue weighted by Gasteiger charge is 2.25. The van der Waals surface area contributed by atoms with Crippen molar-refractivity contribution in [3.05, 3.63) is 81.0 Å². The quantitative estimate of drug-likeness (QED) is 0.422. The van der Waals surface area contributed by atoms with E-state index >= 15 is 0 Å². The number of carboxylic acids is 1. The minimum Gasteiger partial charge on any atom is -0.477 e. The number of thiophene rings is 1. The maximum absolute atomic E-state index is 14.1. The minimum atomic E-state index is -1.33. The summed E-state index contributed by atoms with van der Waals surface area (Å²) in [5.74, 6) is -4.16. The molecule has 3 rings (SSSR count). The van der Waals surface area contributed by atoms with Gasteiger partial charge in [0.05, 0.1) is 6.07 Å². The van der Waals surface area contributed by atoms with Crippen LogP contribution in [0.1, 0.15) is 30.5 Å². The first kappa shape index (κ1) is 24.5. The summed E-state index contributed by atoms with van der Waals surface area (Å²) in [7, 11) is 0. The van der Waals surface area contributed by atoms with Crippen LogP contribution in [0.4, 0.5) is 8.78 Å². The lowest BCUT2D eigenvalue weighted by atomic mass is 10.0. The van der Waals surface area contributed by atoms with Crippen LogP contribution in [0.2, 0.25) is 0 Å². The number of benzene rings is 2. The zero-order valence-corrected chi connectivity index (χ0v) is 18.7. The van der Waals surface area contributed by atoms with Crippen LogP contribution in [-0.4, -0.2) is 35.5 Å². The molecule has 0 saturated heterocycles. The first-order chi connectivity index (χ1) is 16.2. The summed E-state index contributed by atoms with van der Waals surface area (Å²) in [6.45, 7) is 1.46. The lowest BCUT2D eigenvalue weighted by Gasteiger charge is -2.19. The number of nitriles is 1. The van der Waals surface area contributed by atoms with Crippen LogP contribution < -0.4 is 10.6 Å². The molecule has 0 aliphatic heterocycles. The number of aromatic carboxylic acids is 1. The fraction of sp³-hybridized carbons (Fsp3) is 0.167. The standard InChI is InChI=1S/C24H19F2N3O4S/c1-13-16(12-21(34-13)24(32)33)14-5-7-15(8-6-14)22(30)29-20(23(31)28-10-9-27)11-17-18(25)3-2-4-19(17)26/h2-8,12,20H,10-11H2,1H3,(H,28,31)(H,29,30)(H,32,33)/t20-/m0/s1. The number of carboxylic acid groups (broad SMARTS) is 1. The molecule has 7 nitrogen and oxygen atoms in total. The van der Waals surface area contributed by atoms with Gasteiger partial charge in [-0.2, -0.15) is 5.26 Å². The Kier molecular flexibility index (Phi) is 7.71. The number of carbonyl (C=O) groups excluding carboxylic acids is 2. The molecule has 0 radical (unpaired) electrons. The first-order valence-corrected chi connectivity index (χ1v) is 10.9. The third-order valence-electron chi connectivity index (χ3n) is 5.02. The lowest BCUT2D eigenvalue weighted by Crippen LogP contribution is -2.48. The number of nitrogens with one attached hydrogen (secondary N) is 2. The zero-order valence-electron chi connectivity index (χ0n) is 17.9. The number of carbonyl (C=O) groups is 3. The summed E-state index contributed by atoms with van der Waals surface area (Å²) in [4.78, 5) is 37.4. The second-order valence-electron chi connectivity index (χ2n) is 7.27. The number of rotatable bonds is 8. The summed E-state index contributed by atoms with van der Waals surface area (Å²) >= 11 is 1.14. The van der Waals surface area contributed by atoms with Crippen LogP contribution in [0.25, 0.3) is 11.1 Å². The predicted octanol–water partition coefficient (Wildman–Crippen LogP) is 3.68. The van der Waals surface area contributed by atoms with E-state index in [1.807, 2.05) is 0 Å². The van der Waals surface area contributed by atoms with Gasteiger partial charge in [-0.05, 0) is 48.4 Å². The van der Waals surface area contributed by atoms with Crippen molar-refractivity contribution in [1.82, 2.24) is 10.6 Å². The van der Waals surface area contributed by atoms with Crippen LogP contribution in [-0.2, 0) is 11.2 Å². The Bertz CT molecular complexity index is 1260. The number of amides is 2. The van der Waals surface area contributed by atoms with Crippen molar-refractivity contribution < 1.29 is 28.3 Å². The van der Waals surface area contributed by atoms with Crippen LogP contribution in [0.3, 0.4) is 0 Å². The molecule has 0 bridgehead atoms. The Labute approximate surface area is 197 Å². The largest absolute Gasteiger partial charge is 0.477 e. The Hall–Kier alpha value is -4.10. The molecule has 1 atom stereocenters. The van der Waals surface area contributed by atoms with E-state index in [0.717, 1.165) is 33.9 Å². The summed E-state index contributed by atoms with van der Waals surface area (Å²) < 4.78 is 28.2. The average molecular weight is 483 g/mol. The third kappa shape index (κ3) is 5.63. The minimum absolute atomic E-state index is 0.183. The molecule has 3 aromatic rings. The van der Waals surface area contributed by atoms with E-state index in [1.165, 1.54) is 18.2 Å². The first-order valence-electron chi connectivity index (χ1n) is 10.0. The van der Waals surface area contributed by atoms with E-state index in [4.69, 9.17) is 10.4 Å². The van der Waals surface area contributed by atoms with Crippen LogP contribution in [0.5, 0.6) is 0 Å². The fourth-order valence-corrected chi connectivity index (χ4v) is 4.19. The second kappa shape index (κ2) is 10.7. The molecule has 0 unspecified atom stereocenters. The van der Waals surface area contributed by atoms with E-state index in [2.05, 4.69) is 10.6 Å². The summed E-state index contributed by atoms with van der Waals surface area (Å²) in [6, 6.07) is 11.5. The molecular weight excluding hydrogens is 464 g/mol. The molecule has 174 valence electrons. The normalized spacial score (nSPS) is 11.4. The number of hydrogen-bond acceptors (Lipinski definition) is 5. The van der Waals surface area contributed by atoms with Gasteiger partial charge in [-0.25, -0.2) is 13.6 Å². The van der Waals surface area contributed by atoms with Crippen molar-refractivity contribution in [2.75, 3.05) is 6.54 Å². The second-order valence-corrected chi connectivity index (χ2v) is 8.53. The number of aryl methyl sites for hydroxylation is 1. The molecule has 0 spiro atoms.